The van der Waals surface area contributed by atoms with E-state index in [4.69, 9.17) is 9.73 Å². The van der Waals surface area contributed by atoms with Crippen molar-refractivity contribution in [1.82, 2.24) is 25.0 Å². The highest BCUT2D eigenvalue weighted by molar-refractivity contribution is 7.12. The lowest BCUT2D eigenvalue weighted by Crippen LogP contribution is -2.18. The Morgan fingerprint density at radius 2 is 1.93 bits per heavy atom. The fourth-order valence-electron chi connectivity index (χ4n) is 3.37. The van der Waals surface area contributed by atoms with Crippen molar-refractivity contribution in [2.75, 3.05) is 7.05 Å². The lowest BCUT2D eigenvalue weighted by Gasteiger charge is -2.15. The number of nitrogens with zero attached hydrogens (tertiary/aromatic N) is 5. The zero-order valence-corrected chi connectivity index (χ0v) is 17.6. The second-order valence-corrected chi connectivity index (χ2v) is 8.65. The Balaban J connectivity index is 1.72. The van der Waals surface area contributed by atoms with Crippen molar-refractivity contribution < 1.29 is 9.02 Å². The number of halogens is 1. The predicted molar refractivity (Wildman–Crippen MR) is 111 cm³/mol. The Hall–Kier alpha value is -2.84. The minimum Gasteiger partial charge on any atom is -0.296 e. The third-order valence-corrected chi connectivity index (χ3v) is 5.76. The molecule has 29 heavy (non-hydrogen) atoms. The summed E-state index contributed by atoms with van der Waals surface area (Å²) >= 11 is 1.74. The molecule has 0 aliphatic rings. The van der Waals surface area contributed by atoms with Gasteiger partial charge in [0.2, 0.25) is 0 Å². The van der Waals surface area contributed by atoms with Crippen LogP contribution in [-0.4, -0.2) is 32.0 Å². The fourth-order valence-corrected chi connectivity index (χ4v) is 4.30. The van der Waals surface area contributed by atoms with Crippen LogP contribution in [0, 0.1) is 26.6 Å². The molecule has 0 aliphatic heterocycles. The highest BCUT2D eigenvalue weighted by Gasteiger charge is 2.19. The molecule has 0 unspecified atom stereocenters. The van der Waals surface area contributed by atoms with Gasteiger partial charge in [0.05, 0.1) is 5.69 Å². The van der Waals surface area contributed by atoms with Crippen molar-refractivity contribution in [2.24, 2.45) is 0 Å². The largest absolute Gasteiger partial charge is 0.296 e. The van der Waals surface area contributed by atoms with Crippen molar-refractivity contribution >= 4 is 11.3 Å². The Bertz CT molecular complexity index is 1150. The molecule has 0 N–H and O–H groups in total. The molecular formula is C21H22FN5OS. The molecule has 1 aromatic carbocycles. The van der Waals surface area contributed by atoms with Crippen molar-refractivity contribution in [3.8, 4) is 16.9 Å². The van der Waals surface area contributed by atoms with E-state index in [1.54, 1.807) is 28.2 Å². The summed E-state index contributed by atoms with van der Waals surface area (Å²) in [4.78, 5) is 4.54. The molecule has 150 valence electrons. The van der Waals surface area contributed by atoms with Crippen molar-refractivity contribution in [3.63, 3.8) is 0 Å². The second-order valence-electron chi connectivity index (χ2n) is 7.19. The van der Waals surface area contributed by atoms with Crippen molar-refractivity contribution in [3.05, 3.63) is 69.1 Å². The third kappa shape index (κ3) is 3.99. The number of benzene rings is 1. The molecule has 0 fully saturated rings. The van der Waals surface area contributed by atoms with Crippen LogP contribution in [0.2, 0.25) is 0 Å². The molecule has 0 spiro atoms. The zero-order chi connectivity index (χ0) is 20.5. The van der Waals surface area contributed by atoms with Crippen LogP contribution < -0.4 is 0 Å². The number of thiophene rings is 1. The Morgan fingerprint density at radius 3 is 2.59 bits per heavy atom. The van der Waals surface area contributed by atoms with E-state index in [0.717, 1.165) is 28.2 Å². The van der Waals surface area contributed by atoms with Gasteiger partial charge in [0, 0.05) is 40.2 Å². The number of aryl methyl sites for hydroxylation is 3. The molecule has 4 aromatic rings. The average Bonchev–Trinajstić information content (AvgIpc) is 3.35. The van der Waals surface area contributed by atoms with Crippen molar-refractivity contribution in [2.45, 2.75) is 33.9 Å². The quantitative estimate of drug-likeness (QED) is 0.461. The van der Waals surface area contributed by atoms with Gasteiger partial charge in [-0.1, -0.05) is 22.4 Å². The molecule has 0 amide bonds. The van der Waals surface area contributed by atoms with Crippen LogP contribution in [-0.2, 0) is 13.1 Å². The van der Waals surface area contributed by atoms with E-state index in [0.29, 0.717) is 18.8 Å². The van der Waals surface area contributed by atoms with Crippen LogP contribution in [0.4, 0.5) is 4.39 Å². The van der Waals surface area contributed by atoms with Crippen molar-refractivity contribution in [1.29, 1.82) is 0 Å². The highest BCUT2D eigenvalue weighted by atomic mass is 32.1. The SMILES string of the molecule is Cc1cc(-c2nn(-c3ccccc3F)cc2CN(C)Cc2nonc2C)c(C)s1. The van der Waals surface area contributed by atoms with Gasteiger partial charge in [-0.05, 0) is 46.0 Å². The summed E-state index contributed by atoms with van der Waals surface area (Å²) in [6, 6.07) is 8.81. The number of hydrogen-bond donors (Lipinski definition) is 0. The molecule has 0 bridgehead atoms. The summed E-state index contributed by atoms with van der Waals surface area (Å²) in [7, 11) is 2.00. The highest BCUT2D eigenvalue weighted by Crippen LogP contribution is 2.33. The molecule has 0 radical (unpaired) electrons. The van der Waals surface area contributed by atoms with Gasteiger partial charge in [-0.25, -0.2) is 13.7 Å². The standard InChI is InChI=1S/C21H22FN5OS/c1-13-9-17(15(3)29-13)21-16(10-26(4)12-19-14(2)24-28-25-19)11-27(23-21)20-8-6-5-7-18(20)22/h5-9,11H,10,12H2,1-4H3. The summed E-state index contributed by atoms with van der Waals surface area (Å²) in [6.07, 6.45) is 1.91. The van der Waals surface area contributed by atoms with Crippen LogP contribution >= 0.6 is 11.3 Å². The first kappa shape index (κ1) is 19.5. The number of aromatic nitrogens is 4. The van der Waals surface area contributed by atoms with Gasteiger partial charge in [-0.3, -0.25) is 4.90 Å². The molecule has 4 rings (SSSR count). The van der Waals surface area contributed by atoms with Gasteiger partial charge in [-0.15, -0.1) is 11.3 Å². The van der Waals surface area contributed by atoms with E-state index in [-0.39, 0.29) is 5.82 Å². The van der Waals surface area contributed by atoms with E-state index in [1.165, 1.54) is 15.8 Å². The summed E-state index contributed by atoms with van der Waals surface area (Å²) in [5.41, 5.74) is 5.00. The number of para-hydroxylation sites is 1. The van der Waals surface area contributed by atoms with Gasteiger partial charge in [0.15, 0.2) is 0 Å². The molecule has 0 aliphatic carbocycles. The van der Waals surface area contributed by atoms with E-state index in [2.05, 4.69) is 35.1 Å². The molecule has 3 aromatic heterocycles. The lowest BCUT2D eigenvalue weighted by atomic mass is 10.1. The summed E-state index contributed by atoms with van der Waals surface area (Å²) in [5.74, 6) is -0.302. The molecule has 8 heteroatoms. The Morgan fingerprint density at radius 1 is 1.14 bits per heavy atom. The molecule has 3 heterocycles. The van der Waals surface area contributed by atoms with E-state index in [9.17, 15) is 4.39 Å². The van der Waals surface area contributed by atoms with E-state index in [1.807, 2.05) is 26.2 Å². The first-order valence-electron chi connectivity index (χ1n) is 9.30. The Labute approximate surface area is 172 Å². The normalized spacial score (nSPS) is 11.5. The van der Waals surface area contributed by atoms with Crippen LogP contribution in [0.1, 0.15) is 26.7 Å². The predicted octanol–water partition coefficient (Wildman–Crippen LogP) is 4.68. The monoisotopic (exact) mass is 411 g/mol. The fraction of sp³-hybridized carbons (Fsp3) is 0.286. The minimum atomic E-state index is -0.302. The average molecular weight is 412 g/mol. The van der Waals surface area contributed by atoms with Gasteiger partial charge in [-0.2, -0.15) is 5.10 Å². The molecule has 0 atom stereocenters. The van der Waals surface area contributed by atoms with Crippen LogP contribution in [0.15, 0.2) is 41.2 Å². The van der Waals surface area contributed by atoms with E-state index >= 15 is 0 Å². The van der Waals surface area contributed by atoms with Crippen LogP contribution in [0.5, 0.6) is 0 Å². The molecule has 0 saturated carbocycles. The summed E-state index contributed by atoms with van der Waals surface area (Å²) in [6.45, 7) is 7.28. The maximum atomic E-state index is 14.4. The zero-order valence-electron chi connectivity index (χ0n) is 16.8. The maximum Gasteiger partial charge on any atom is 0.148 e. The minimum absolute atomic E-state index is 0.302. The molecule has 0 saturated heterocycles. The van der Waals surface area contributed by atoms with Crippen LogP contribution in [0.25, 0.3) is 16.9 Å². The van der Waals surface area contributed by atoms with Gasteiger partial charge in [0.25, 0.3) is 0 Å². The first-order chi connectivity index (χ1) is 13.9. The number of hydrogen-bond acceptors (Lipinski definition) is 6. The third-order valence-electron chi connectivity index (χ3n) is 4.79. The first-order valence-corrected chi connectivity index (χ1v) is 10.1. The lowest BCUT2D eigenvalue weighted by molar-refractivity contribution is 0.279. The van der Waals surface area contributed by atoms with Crippen LogP contribution in [0.3, 0.4) is 0 Å². The topological polar surface area (TPSA) is 60.0 Å². The Kier molecular flexibility index (Phi) is 5.29. The van der Waals surface area contributed by atoms with Gasteiger partial charge < -0.3 is 0 Å². The van der Waals surface area contributed by atoms with E-state index < -0.39 is 0 Å². The van der Waals surface area contributed by atoms with Gasteiger partial charge in [0.1, 0.15) is 22.9 Å². The maximum absolute atomic E-state index is 14.4. The second kappa shape index (κ2) is 7.88. The molecular weight excluding hydrogens is 389 g/mol. The smallest absolute Gasteiger partial charge is 0.148 e. The number of rotatable bonds is 6. The summed E-state index contributed by atoms with van der Waals surface area (Å²) in [5, 5.41) is 12.6. The molecule has 6 nitrogen and oxygen atoms in total. The summed E-state index contributed by atoms with van der Waals surface area (Å²) < 4.78 is 20.8. The van der Waals surface area contributed by atoms with Gasteiger partial charge >= 0.3 is 0 Å².